The van der Waals surface area contributed by atoms with Gasteiger partial charge in [-0.25, -0.2) is 4.39 Å². The summed E-state index contributed by atoms with van der Waals surface area (Å²) in [5.41, 5.74) is 1.98. The molecule has 0 aliphatic heterocycles. The maximum atomic E-state index is 13.6. The number of hydrogen-bond donors (Lipinski definition) is 0. The van der Waals surface area contributed by atoms with Gasteiger partial charge >= 0.3 is 0 Å². The quantitative estimate of drug-likeness (QED) is 0.743. The van der Waals surface area contributed by atoms with E-state index in [0.717, 1.165) is 16.9 Å². The van der Waals surface area contributed by atoms with Crippen molar-refractivity contribution in [3.05, 3.63) is 63.9 Å². The summed E-state index contributed by atoms with van der Waals surface area (Å²) in [5.74, 6) is 0.691. The summed E-state index contributed by atoms with van der Waals surface area (Å²) in [6, 6.07) is 13.2. The van der Waals surface area contributed by atoms with Gasteiger partial charge in [0.15, 0.2) is 0 Å². The normalized spacial score (nSPS) is 10.8. The van der Waals surface area contributed by atoms with Crippen molar-refractivity contribution in [2.24, 2.45) is 0 Å². The number of rotatable bonds is 4. The van der Waals surface area contributed by atoms with Gasteiger partial charge in [0.2, 0.25) is 0 Å². The molecule has 3 heteroatoms. The number of ether oxygens (including phenoxy) is 1. The van der Waals surface area contributed by atoms with E-state index < -0.39 is 0 Å². The van der Waals surface area contributed by atoms with Crippen LogP contribution in [0.25, 0.3) is 0 Å². The van der Waals surface area contributed by atoms with Gasteiger partial charge in [-0.2, -0.15) is 0 Å². The molecule has 0 fully saturated rings. The average Bonchev–Trinajstić information content (AvgIpc) is 2.40. The Morgan fingerprint density at radius 2 is 1.84 bits per heavy atom. The molecule has 100 valence electrons. The fraction of sp³-hybridized carbons (Fsp3) is 0.250. The van der Waals surface area contributed by atoms with E-state index in [2.05, 4.69) is 15.9 Å². The zero-order chi connectivity index (χ0) is 13.8. The molecule has 1 nitrogen and oxygen atoms in total. The molecule has 0 saturated heterocycles. The average molecular weight is 323 g/mol. The van der Waals surface area contributed by atoms with E-state index >= 15 is 0 Å². The van der Waals surface area contributed by atoms with Gasteiger partial charge in [-0.15, -0.1) is 0 Å². The summed E-state index contributed by atoms with van der Waals surface area (Å²) in [5, 5.41) is 0. The molecule has 0 aliphatic carbocycles. The van der Waals surface area contributed by atoms with Gasteiger partial charge in [0, 0.05) is 0 Å². The Morgan fingerprint density at radius 3 is 2.47 bits per heavy atom. The first kappa shape index (κ1) is 14.1. The predicted molar refractivity (Wildman–Crippen MR) is 79.0 cm³/mol. The van der Waals surface area contributed by atoms with Crippen molar-refractivity contribution >= 4 is 15.9 Å². The van der Waals surface area contributed by atoms with E-state index in [4.69, 9.17) is 4.74 Å². The van der Waals surface area contributed by atoms with Gasteiger partial charge in [-0.1, -0.05) is 44.2 Å². The second-order valence-corrected chi connectivity index (χ2v) is 5.59. The molecule has 0 N–H and O–H groups in total. The van der Waals surface area contributed by atoms with Crippen LogP contribution in [-0.2, 0) is 6.61 Å². The second kappa shape index (κ2) is 6.20. The number of benzene rings is 2. The highest BCUT2D eigenvalue weighted by molar-refractivity contribution is 9.10. The third-order valence-corrected chi connectivity index (χ3v) is 3.52. The fourth-order valence-corrected chi connectivity index (χ4v) is 2.18. The van der Waals surface area contributed by atoms with E-state index in [-0.39, 0.29) is 11.7 Å². The number of hydrogen-bond acceptors (Lipinski definition) is 1. The van der Waals surface area contributed by atoms with E-state index in [0.29, 0.717) is 11.1 Å². The Morgan fingerprint density at radius 1 is 1.16 bits per heavy atom. The molecule has 0 amide bonds. The molecule has 0 spiro atoms. The van der Waals surface area contributed by atoms with Crippen LogP contribution in [-0.4, -0.2) is 0 Å². The Hall–Kier alpha value is -1.35. The SMILES string of the molecule is CC(C)c1cc(F)c(Br)cc1OCc1ccccc1. The molecule has 2 aromatic rings. The highest BCUT2D eigenvalue weighted by atomic mass is 79.9. The Labute approximate surface area is 121 Å². The topological polar surface area (TPSA) is 9.23 Å². The van der Waals surface area contributed by atoms with Crippen LogP contribution in [0.2, 0.25) is 0 Å². The third kappa shape index (κ3) is 3.57. The van der Waals surface area contributed by atoms with Crippen molar-refractivity contribution in [3.63, 3.8) is 0 Å². The molecule has 0 saturated carbocycles. The van der Waals surface area contributed by atoms with Gasteiger partial charge in [-0.05, 0) is 45.1 Å². The molecule has 2 aromatic carbocycles. The molecular weight excluding hydrogens is 307 g/mol. The van der Waals surface area contributed by atoms with Crippen molar-refractivity contribution in [3.8, 4) is 5.75 Å². The monoisotopic (exact) mass is 322 g/mol. The summed E-state index contributed by atoms with van der Waals surface area (Å²) in [6.45, 7) is 4.54. The summed E-state index contributed by atoms with van der Waals surface area (Å²) in [7, 11) is 0. The zero-order valence-electron chi connectivity index (χ0n) is 11.0. The largest absolute Gasteiger partial charge is 0.489 e. The third-order valence-electron chi connectivity index (χ3n) is 2.91. The molecule has 0 atom stereocenters. The summed E-state index contributed by atoms with van der Waals surface area (Å²) in [6.07, 6.45) is 0. The van der Waals surface area contributed by atoms with Crippen molar-refractivity contribution < 1.29 is 9.13 Å². The lowest BCUT2D eigenvalue weighted by atomic mass is 10.0. The summed E-state index contributed by atoms with van der Waals surface area (Å²) < 4.78 is 19.8. The maximum Gasteiger partial charge on any atom is 0.137 e. The van der Waals surface area contributed by atoms with Crippen LogP contribution >= 0.6 is 15.9 Å². The Balaban J connectivity index is 2.22. The molecule has 0 heterocycles. The minimum absolute atomic E-state index is 0.216. The molecule has 0 aliphatic rings. The highest BCUT2D eigenvalue weighted by Crippen LogP contribution is 2.32. The lowest BCUT2D eigenvalue weighted by Gasteiger charge is -2.15. The van der Waals surface area contributed by atoms with E-state index in [1.54, 1.807) is 6.07 Å². The first-order valence-electron chi connectivity index (χ1n) is 6.23. The van der Waals surface area contributed by atoms with Crippen molar-refractivity contribution in [1.29, 1.82) is 0 Å². The first-order valence-corrected chi connectivity index (χ1v) is 7.03. The van der Waals surface area contributed by atoms with Crippen LogP contribution in [0, 0.1) is 5.82 Å². The van der Waals surface area contributed by atoms with Crippen LogP contribution in [0.15, 0.2) is 46.9 Å². The second-order valence-electron chi connectivity index (χ2n) is 4.73. The maximum absolute atomic E-state index is 13.6. The fourth-order valence-electron chi connectivity index (χ4n) is 1.86. The van der Waals surface area contributed by atoms with Crippen LogP contribution in [0.5, 0.6) is 5.75 Å². The highest BCUT2D eigenvalue weighted by Gasteiger charge is 2.12. The van der Waals surface area contributed by atoms with Gasteiger partial charge in [-0.3, -0.25) is 0 Å². The van der Waals surface area contributed by atoms with Gasteiger partial charge in [0.1, 0.15) is 18.2 Å². The molecule has 0 bridgehead atoms. The minimum atomic E-state index is -0.254. The Bertz CT molecular complexity index is 552. The van der Waals surface area contributed by atoms with E-state index in [9.17, 15) is 4.39 Å². The predicted octanol–water partition coefficient (Wildman–Crippen LogP) is 5.29. The lowest BCUT2D eigenvalue weighted by Crippen LogP contribution is -2.01. The first-order chi connectivity index (χ1) is 9.08. The zero-order valence-corrected chi connectivity index (χ0v) is 12.6. The van der Waals surface area contributed by atoms with Crippen LogP contribution in [0.4, 0.5) is 4.39 Å². The summed E-state index contributed by atoms with van der Waals surface area (Å²) >= 11 is 3.20. The standard InChI is InChI=1S/C16H16BrFO/c1-11(2)13-8-15(18)14(17)9-16(13)19-10-12-6-4-3-5-7-12/h3-9,11H,10H2,1-2H3. The molecule has 0 aromatic heterocycles. The van der Waals surface area contributed by atoms with Gasteiger partial charge in [0.05, 0.1) is 4.47 Å². The lowest BCUT2D eigenvalue weighted by molar-refractivity contribution is 0.301. The minimum Gasteiger partial charge on any atom is -0.489 e. The van der Waals surface area contributed by atoms with Crippen LogP contribution in [0.1, 0.15) is 30.9 Å². The van der Waals surface area contributed by atoms with Gasteiger partial charge in [0.25, 0.3) is 0 Å². The molecule has 0 radical (unpaired) electrons. The van der Waals surface area contributed by atoms with E-state index in [1.807, 2.05) is 44.2 Å². The number of halogens is 2. The van der Waals surface area contributed by atoms with Crippen molar-refractivity contribution in [1.82, 2.24) is 0 Å². The molecule has 19 heavy (non-hydrogen) atoms. The molecule has 2 rings (SSSR count). The van der Waals surface area contributed by atoms with E-state index in [1.165, 1.54) is 6.07 Å². The smallest absolute Gasteiger partial charge is 0.137 e. The van der Waals surface area contributed by atoms with Crippen LogP contribution < -0.4 is 4.74 Å². The van der Waals surface area contributed by atoms with Crippen molar-refractivity contribution in [2.75, 3.05) is 0 Å². The molecular formula is C16H16BrFO. The summed E-state index contributed by atoms with van der Waals surface area (Å²) in [4.78, 5) is 0. The van der Waals surface area contributed by atoms with Crippen molar-refractivity contribution in [2.45, 2.75) is 26.4 Å². The van der Waals surface area contributed by atoms with Crippen LogP contribution in [0.3, 0.4) is 0 Å². The molecule has 0 unspecified atom stereocenters. The van der Waals surface area contributed by atoms with Gasteiger partial charge < -0.3 is 4.74 Å². The Kier molecular flexibility index (Phi) is 4.59.